The highest BCUT2D eigenvalue weighted by Crippen LogP contribution is 2.36. The summed E-state index contributed by atoms with van der Waals surface area (Å²) in [5.74, 6) is 1.28. The molecule has 0 spiro atoms. The second-order valence-electron chi connectivity index (χ2n) is 4.27. The Morgan fingerprint density at radius 3 is 2.65 bits per heavy atom. The van der Waals surface area contributed by atoms with Crippen LogP contribution in [-0.4, -0.2) is 33.5 Å². The van der Waals surface area contributed by atoms with Gasteiger partial charge in [0.25, 0.3) is 0 Å². The minimum absolute atomic E-state index is 0.574. The largest absolute Gasteiger partial charge is 0.491 e. The van der Waals surface area contributed by atoms with Gasteiger partial charge in [0, 0.05) is 19.8 Å². The maximum Gasteiger partial charge on any atom is 0.179 e. The molecule has 20 heavy (non-hydrogen) atoms. The van der Waals surface area contributed by atoms with Gasteiger partial charge in [-0.15, -0.1) is 0 Å². The SMILES string of the molecule is CCOCCCNCc1cc(Cl)c(OC)c(OCC)c1. The van der Waals surface area contributed by atoms with Crippen LogP contribution in [0, 0.1) is 0 Å². The highest BCUT2D eigenvalue weighted by atomic mass is 35.5. The van der Waals surface area contributed by atoms with Crippen molar-refractivity contribution in [1.29, 1.82) is 0 Å². The van der Waals surface area contributed by atoms with Crippen LogP contribution in [0.4, 0.5) is 0 Å². The first kappa shape index (κ1) is 17.1. The van der Waals surface area contributed by atoms with Crippen molar-refractivity contribution in [1.82, 2.24) is 5.32 Å². The van der Waals surface area contributed by atoms with Crippen LogP contribution >= 0.6 is 11.6 Å². The molecular formula is C15H24ClNO3. The zero-order chi connectivity index (χ0) is 14.8. The maximum atomic E-state index is 6.20. The highest BCUT2D eigenvalue weighted by molar-refractivity contribution is 6.32. The zero-order valence-electron chi connectivity index (χ0n) is 12.5. The number of rotatable bonds is 10. The molecule has 0 heterocycles. The lowest BCUT2D eigenvalue weighted by atomic mass is 10.2. The maximum absolute atomic E-state index is 6.20. The van der Waals surface area contributed by atoms with Gasteiger partial charge in [-0.2, -0.15) is 0 Å². The third kappa shape index (κ3) is 5.57. The van der Waals surface area contributed by atoms with Crippen molar-refractivity contribution >= 4 is 11.6 Å². The standard InChI is InChI=1S/C15H24ClNO3/c1-4-19-8-6-7-17-11-12-9-13(16)15(18-3)14(10-12)20-5-2/h9-10,17H,4-8,11H2,1-3H3. The fraction of sp³-hybridized carbons (Fsp3) is 0.600. The summed E-state index contributed by atoms with van der Waals surface area (Å²) in [6.07, 6.45) is 0.996. The number of ether oxygens (including phenoxy) is 3. The lowest BCUT2D eigenvalue weighted by molar-refractivity contribution is 0.144. The summed E-state index contributed by atoms with van der Waals surface area (Å²) < 4.78 is 16.1. The molecule has 0 bridgehead atoms. The van der Waals surface area contributed by atoms with E-state index < -0.39 is 0 Å². The molecule has 0 saturated carbocycles. The molecule has 1 aromatic carbocycles. The molecule has 0 aromatic heterocycles. The van der Waals surface area contributed by atoms with Gasteiger partial charge in [0.05, 0.1) is 18.7 Å². The number of hydrogen-bond acceptors (Lipinski definition) is 4. The molecule has 0 aliphatic carbocycles. The van der Waals surface area contributed by atoms with Crippen LogP contribution in [0.5, 0.6) is 11.5 Å². The Labute approximate surface area is 126 Å². The van der Waals surface area contributed by atoms with Crippen molar-refractivity contribution in [2.24, 2.45) is 0 Å². The molecule has 1 N–H and O–H groups in total. The summed E-state index contributed by atoms with van der Waals surface area (Å²) in [4.78, 5) is 0. The molecule has 114 valence electrons. The average molecular weight is 302 g/mol. The van der Waals surface area contributed by atoms with Crippen molar-refractivity contribution in [3.05, 3.63) is 22.7 Å². The molecule has 0 saturated heterocycles. The van der Waals surface area contributed by atoms with E-state index in [4.69, 9.17) is 25.8 Å². The molecule has 5 heteroatoms. The van der Waals surface area contributed by atoms with Crippen molar-refractivity contribution in [3.63, 3.8) is 0 Å². The summed E-state index contributed by atoms with van der Waals surface area (Å²) in [6.45, 7) is 7.73. The smallest absolute Gasteiger partial charge is 0.179 e. The lowest BCUT2D eigenvalue weighted by Gasteiger charge is -2.13. The van der Waals surface area contributed by atoms with E-state index in [0.29, 0.717) is 23.1 Å². The first-order chi connectivity index (χ1) is 9.72. The van der Waals surface area contributed by atoms with Crippen LogP contribution < -0.4 is 14.8 Å². The fourth-order valence-corrected chi connectivity index (χ4v) is 2.17. The van der Waals surface area contributed by atoms with Gasteiger partial charge < -0.3 is 19.5 Å². The topological polar surface area (TPSA) is 39.7 Å². The van der Waals surface area contributed by atoms with E-state index in [2.05, 4.69) is 5.32 Å². The van der Waals surface area contributed by atoms with Gasteiger partial charge in [0.1, 0.15) is 0 Å². The number of nitrogens with one attached hydrogen (secondary N) is 1. The third-order valence-corrected chi connectivity index (χ3v) is 3.03. The van der Waals surface area contributed by atoms with E-state index in [1.54, 1.807) is 7.11 Å². The minimum atomic E-state index is 0.574. The molecule has 0 unspecified atom stereocenters. The Morgan fingerprint density at radius 2 is 2.00 bits per heavy atom. The predicted octanol–water partition coefficient (Wildman–Crippen LogP) is 3.26. The molecule has 1 aromatic rings. The van der Waals surface area contributed by atoms with E-state index in [-0.39, 0.29) is 0 Å². The van der Waals surface area contributed by atoms with Crippen molar-refractivity contribution in [2.75, 3.05) is 33.5 Å². The van der Waals surface area contributed by atoms with Gasteiger partial charge in [-0.05, 0) is 44.5 Å². The molecule has 0 atom stereocenters. The van der Waals surface area contributed by atoms with Gasteiger partial charge >= 0.3 is 0 Å². The minimum Gasteiger partial charge on any atom is -0.491 e. The van der Waals surface area contributed by atoms with Gasteiger partial charge in [-0.25, -0.2) is 0 Å². The Bertz CT molecular complexity index is 399. The summed E-state index contributed by atoms with van der Waals surface area (Å²) in [5.41, 5.74) is 1.08. The lowest BCUT2D eigenvalue weighted by Crippen LogP contribution is -2.16. The van der Waals surface area contributed by atoms with Crippen LogP contribution in [0.25, 0.3) is 0 Å². The number of halogens is 1. The van der Waals surface area contributed by atoms with Gasteiger partial charge in [-0.1, -0.05) is 11.6 Å². The Hall–Kier alpha value is -0.970. The van der Waals surface area contributed by atoms with E-state index >= 15 is 0 Å². The predicted molar refractivity (Wildman–Crippen MR) is 82.0 cm³/mol. The first-order valence-corrected chi connectivity index (χ1v) is 7.38. The average Bonchev–Trinajstić information content (AvgIpc) is 2.43. The Kier molecular flexibility index (Phi) is 8.42. The Balaban J connectivity index is 2.53. The summed E-state index contributed by atoms with van der Waals surface area (Å²) >= 11 is 6.20. The summed E-state index contributed by atoms with van der Waals surface area (Å²) in [7, 11) is 1.59. The van der Waals surface area contributed by atoms with Crippen LogP contribution in [-0.2, 0) is 11.3 Å². The van der Waals surface area contributed by atoms with Crippen LogP contribution in [0.2, 0.25) is 5.02 Å². The van der Waals surface area contributed by atoms with Crippen LogP contribution in [0.3, 0.4) is 0 Å². The van der Waals surface area contributed by atoms with E-state index in [1.165, 1.54) is 0 Å². The number of benzene rings is 1. The van der Waals surface area contributed by atoms with Crippen molar-refractivity contribution in [2.45, 2.75) is 26.8 Å². The molecule has 0 fully saturated rings. The molecule has 0 aliphatic rings. The third-order valence-electron chi connectivity index (χ3n) is 2.75. The van der Waals surface area contributed by atoms with Gasteiger partial charge in [-0.3, -0.25) is 0 Å². The van der Waals surface area contributed by atoms with Crippen molar-refractivity contribution < 1.29 is 14.2 Å². The molecule has 4 nitrogen and oxygen atoms in total. The molecular weight excluding hydrogens is 278 g/mol. The molecule has 0 radical (unpaired) electrons. The first-order valence-electron chi connectivity index (χ1n) is 7.00. The second-order valence-corrected chi connectivity index (χ2v) is 4.68. The zero-order valence-corrected chi connectivity index (χ0v) is 13.3. The summed E-state index contributed by atoms with van der Waals surface area (Å²) in [5, 5.41) is 3.93. The molecule has 1 rings (SSSR count). The fourth-order valence-electron chi connectivity index (χ4n) is 1.86. The normalized spacial score (nSPS) is 10.6. The second kappa shape index (κ2) is 9.86. The van der Waals surface area contributed by atoms with Crippen molar-refractivity contribution in [3.8, 4) is 11.5 Å². The highest BCUT2D eigenvalue weighted by Gasteiger charge is 2.11. The number of hydrogen-bond donors (Lipinski definition) is 1. The van der Waals surface area contributed by atoms with Crippen LogP contribution in [0.1, 0.15) is 25.8 Å². The monoisotopic (exact) mass is 301 g/mol. The van der Waals surface area contributed by atoms with E-state index in [0.717, 1.165) is 38.3 Å². The van der Waals surface area contributed by atoms with Gasteiger partial charge in [0.15, 0.2) is 11.5 Å². The Morgan fingerprint density at radius 1 is 1.20 bits per heavy atom. The number of methoxy groups -OCH3 is 1. The van der Waals surface area contributed by atoms with Gasteiger partial charge in [0.2, 0.25) is 0 Å². The van der Waals surface area contributed by atoms with E-state index in [9.17, 15) is 0 Å². The van der Waals surface area contributed by atoms with Crippen LogP contribution in [0.15, 0.2) is 12.1 Å². The molecule has 0 aliphatic heterocycles. The molecule has 0 amide bonds. The summed E-state index contributed by atoms with van der Waals surface area (Å²) in [6, 6.07) is 3.86. The van der Waals surface area contributed by atoms with E-state index in [1.807, 2.05) is 26.0 Å². The quantitative estimate of drug-likeness (QED) is 0.673.